The van der Waals surface area contributed by atoms with Crippen molar-refractivity contribution in [3.05, 3.63) is 68.7 Å². The van der Waals surface area contributed by atoms with Crippen LogP contribution >= 0.6 is 46.6 Å². The molecule has 1 saturated heterocycles. The zero-order valence-electron chi connectivity index (χ0n) is 17.4. The standard InChI is InChI=1S/C22H25Cl3N2O3S2/c23-19-4-1-16(2-5-19)15-32(29,30)27-10-7-17(8-11-27)22(28)26-9-12-31-14-18-3-6-20(24)13-21(18)25/h1-6,13,17H,7-12,14-15H2,(H,26,28). The minimum Gasteiger partial charge on any atom is -0.355 e. The molecule has 0 aromatic heterocycles. The number of carbonyl (C=O) groups excluding carboxylic acids is 1. The maximum Gasteiger partial charge on any atom is 0.223 e. The predicted molar refractivity (Wildman–Crippen MR) is 134 cm³/mol. The van der Waals surface area contributed by atoms with Crippen LogP contribution in [0.25, 0.3) is 0 Å². The molecule has 1 aliphatic heterocycles. The number of piperidine rings is 1. The number of nitrogens with zero attached hydrogens (tertiary/aromatic N) is 1. The third-order valence-corrected chi connectivity index (χ3v) is 9.00. The first-order valence-electron chi connectivity index (χ1n) is 10.3. The van der Waals surface area contributed by atoms with Gasteiger partial charge in [-0.05, 0) is 48.2 Å². The van der Waals surface area contributed by atoms with Gasteiger partial charge in [-0.3, -0.25) is 4.79 Å². The number of sulfonamides is 1. The Morgan fingerprint density at radius 1 is 1.03 bits per heavy atom. The molecular formula is C22H25Cl3N2O3S2. The Kier molecular flexibility index (Phi) is 9.58. The molecule has 10 heteroatoms. The molecule has 2 aromatic carbocycles. The number of benzene rings is 2. The Balaban J connectivity index is 1.37. The van der Waals surface area contributed by atoms with Crippen LogP contribution in [0.15, 0.2) is 42.5 Å². The number of amides is 1. The third-order valence-electron chi connectivity index (χ3n) is 5.30. The lowest BCUT2D eigenvalue weighted by Gasteiger charge is -2.30. The molecule has 3 rings (SSSR count). The van der Waals surface area contributed by atoms with Gasteiger partial charge < -0.3 is 5.32 Å². The zero-order valence-corrected chi connectivity index (χ0v) is 21.3. The lowest BCUT2D eigenvalue weighted by Crippen LogP contribution is -2.43. The quantitative estimate of drug-likeness (QED) is 0.446. The van der Waals surface area contributed by atoms with E-state index >= 15 is 0 Å². The highest BCUT2D eigenvalue weighted by Crippen LogP contribution is 2.25. The summed E-state index contributed by atoms with van der Waals surface area (Å²) in [6, 6.07) is 12.3. The smallest absolute Gasteiger partial charge is 0.223 e. The first kappa shape index (κ1) is 25.7. The average Bonchev–Trinajstić information content (AvgIpc) is 2.76. The Hall–Kier alpha value is -0.960. The molecule has 0 radical (unpaired) electrons. The SMILES string of the molecule is O=C(NCCSCc1ccc(Cl)cc1Cl)C1CCN(S(=O)(=O)Cc2ccc(Cl)cc2)CC1. The first-order valence-corrected chi connectivity index (χ1v) is 14.2. The average molecular weight is 536 g/mol. The van der Waals surface area contributed by atoms with Gasteiger partial charge in [0, 0.05) is 52.1 Å². The largest absolute Gasteiger partial charge is 0.355 e. The molecule has 0 spiro atoms. The highest BCUT2D eigenvalue weighted by molar-refractivity contribution is 7.98. The summed E-state index contributed by atoms with van der Waals surface area (Å²) in [5.41, 5.74) is 1.71. The van der Waals surface area contributed by atoms with Gasteiger partial charge in [0.05, 0.1) is 5.75 Å². The van der Waals surface area contributed by atoms with Gasteiger partial charge in [-0.25, -0.2) is 12.7 Å². The van der Waals surface area contributed by atoms with Crippen LogP contribution in [0.3, 0.4) is 0 Å². The van der Waals surface area contributed by atoms with Crippen molar-refractivity contribution in [2.24, 2.45) is 5.92 Å². The molecule has 1 fully saturated rings. The summed E-state index contributed by atoms with van der Waals surface area (Å²) < 4.78 is 26.9. The molecule has 1 heterocycles. The fraction of sp³-hybridized carbons (Fsp3) is 0.409. The van der Waals surface area contributed by atoms with Crippen molar-refractivity contribution in [1.29, 1.82) is 0 Å². The zero-order chi connectivity index (χ0) is 23.1. The summed E-state index contributed by atoms with van der Waals surface area (Å²) in [7, 11) is -3.42. The Bertz CT molecular complexity index is 1030. The summed E-state index contributed by atoms with van der Waals surface area (Å²) >= 11 is 19.6. The lowest BCUT2D eigenvalue weighted by atomic mass is 9.97. The monoisotopic (exact) mass is 534 g/mol. The Morgan fingerprint density at radius 3 is 2.34 bits per heavy atom. The van der Waals surface area contributed by atoms with E-state index in [1.54, 1.807) is 42.1 Å². The summed E-state index contributed by atoms with van der Waals surface area (Å²) in [4.78, 5) is 12.5. The minimum absolute atomic E-state index is 0.00938. The van der Waals surface area contributed by atoms with Crippen molar-refractivity contribution in [3.8, 4) is 0 Å². The fourth-order valence-electron chi connectivity index (χ4n) is 3.49. The Morgan fingerprint density at radius 2 is 1.69 bits per heavy atom. The second kappa shape index (κ2) is 12.0. The van der Waals surface area contributed by atoms with Crippen LogP contribution in [0.4, 0.5) is 0 Å². The van der Waals surface area contributed by atoms with Crippen molar-refractivity contribution < 1.29 is 13.2 Å². The second-order valence-corrected chi connectivity index (χ2v) is 12.0. The van der Waals surface area contributed by atoms with Crippen LogP contribution < -0.4 is 5.32 Å². The molecular weight excluding hydrogens is 511 g/mol. The van der Waals surface area contributed by atoms with E-state index in [2.05, 4.69) is 5.32 Å². The number of nitrogens with one attached hydrogen (secondary N) is 1. The first-order chi connectivity index (χ1) is 15.2. The molecule has 5 nitrogen and oxygen atoms in total. The van der Waals surface area contributed by atoms with Gasteiger partial charge in [-0.15, -0.1) is 0 Å². The third kappa shape index (κ3) is 7.54. The summed E-state index contributed by atoms with van der Waals surface area (Å²) in [6.07, 6.45) is 1.05. The fourth-order valence-corrected chi connectivity index (χ4v) is 6.60. The van der Waals surface area contributed by atoms with E-state index in [1.165, 1.54) is 4.31 Å². The molecule has 1 N–H and O–H groups in total. The highest BCUT2D eigenvalue weighted by atomic mass is 35.5. The van der Waals surface area contributed by atoms with Crippen molar-refractivity contribution in [2.45, 2.75) is 24.3 Å². The molecule has 0 aliphatic carbocycles. The number of hydrogen-bond donors (Lipinski definition) is 1. The van der Waals surface area contributed by atoms with E-state index in [0.29, 0.717) is 53.1 Å². The van der Waals surface area contributed by atoms with Crippen LogP contribution in [-0.2, 0) is 26.3 Å². The number of carbonyl (C=O) groups is 1. The molecule has 0 saturated carbocycles. The molecule has 0 atom stereocenters. The molecule has 0 bridgehead atoms. The van der Waals surface area contributed by atoms with Crippen molar-refractivity contribution in [2.75, 3.05) is 25.4 Å². The van der Waals surface area contributed by atoms with Gasteiger partial charge in [0.15, 0.2) is 0 Å². The molecule has 174 valence electrons. The van der Waals surface area contributed by atoms with E-state index in [9.17, 15) is 13.2 Å². The van der Waals surface area contributed by atoms with Gasteiger partial charge in [0.25, 0.3) is 0 Å². The molecule has 1 aliphatic rings. The van der Waals surface area contributed by atoms with E-state index in [0.717, 1.165) is 17.1 Å². The van der Waals surface area contributed by atoms with Gasteiger partial charge in [-0.2, -0.15) is 11.8 Å². The van der Waals surface area contributed by atoms with Gasteiger partial charge in [-0.1, -0.05) is 53.0 Å². The maximum atomic E-state index is 12.7. The number of halogens is 3. The van der Waals surface area contributed by atoms with Crippen molar-refractivity contribution in [3.63, 3.8) is 0 Å². The van der Waals surface area contributed by atoms with E-state index < -0.39 is 10.0 Å². The Labute approximate surface area is 208 Å². The van der Waals surface area contributed by atoms with Gasteiger partial charge in [0.2, 0.25) is 15.9 Å². The van der Waals surface area contributed by atoms with Crippen molar-refractivity contribution in [1.82, 2.24) is 9.62 Å². The van der Waals surface area contributed by atoms with Crippen molar-refractivity contribution >= 4 is 62.5 Å². The summed E-state index contributed by atoms with van der Waals surface area (Å²) in [5.74, 6) is 1.28. The van der Waals surface area contributed by atoms with Crippen LogP contribution in [0.2, 0.25) is 15.1 Å². The van der Waals surface area contributed by atoms with Crippen LogP contribution in [0.5, 0.6) is 0 Å². The molecule has 2 aromatic rings. The van der Waals surface area contributed by atoms with Gasteiger partial charge >= 0.3 is 0 Å². The number of thioether (sulfide) groups is 1. The van der Waals surface area contributed by atoms with Crippen LogP contribution in [0, 0.1) is 5.92 Å². The highest BCUT2D eigenvalue weighted by Gasteiger charge is 2.31. The van der Waals surface area contributed by atoms with E-state index in [1.807, 2.05) is 12.1 Å². The summed E-state index contributed by atoms with van der Waals surface area (Å²) in [6.45, 7) is 1.28. The lowest BCUT2D eigenvalue weighted by molar-refractivity contribution is -0.125. The number of hydrogen-bond acceptors (Lipinski definition) is 4. The second-order valence-electron chi connectivity index (χ2n) is 7.64. The topological polar surface area (TPSA) is 66.5 Å². The van der Waals surface area contributed by atoms with Gasteiger partial charge in [0.1, 0.15) is 0 Å². The predicted octanol–water partition coefficient (Wildman–Crippen LogP) is 5.24. The minimum atomic E-state index is -3.42. The van der Waals surface area contributed by atoms with E-state index in [-0.39, 0.29) is 17.6 Å². The molecule has 1 amide bonds. The van der Waals surface area contributed by atoms with E-state index in [4.69, 9.17) is 34.8 Å². The molecule has 32 heavy (non-hydrogen) atoms. The summed E-state index contributed by atoms with van der Waals surface area (Å²) in [5, 5.41) is 4.80. The normalized spacial score (nSPS) is 15.6. The number of rotatable bonds is 9. The van der Waals surface area contributed by atoms with Crippen LogP contribution in [0.1, 0.15) is 24.0 Å². The maximum absolute atomic E-state index is 12.7. The molecule has 0 unspecified atom stereocenters. The van der Waals surface area contributed by atoms with Crippen LogP contribution in [-0.4, -0.2) is 44.0 Å².